The molecule has 0 saturated heterocycles. The van der Waals surface area contributed by atoms with E-state index in [4.69, 9.17) is 17.3 Å². The zero-order chi connectivity index (χ0) is 16.5. The van der Waals surface area contributed by atoms with Crippen molar-refractivity contribution in [2.75, 3.05) is 11.1 Å². The Hall–Kier alpha value is -3.12. The molecule has 0 aliphatic carbocycles. The van der Waals surface area contributed by atoms with E-state index in [2.05, 4.69) is 25.3 Å². The number of nitrogens with two attached hydrogens (primary N) is 1. The summed E-state index contributed by atoms with van der Waals surface area (Å²) in [7, 11) is 0. The molecule has 0 unspecified atom stereocenters. The van der Waals surface area contributed by atoms with E-state index >= 15 is 0 Å². The van der Waals surface area contributed by atoms with Gasteiger partial charge in [-0.15, -0.1) is 0 Å². The molecule has 4 N–H and O–H groups in total. The molecule has 24 heavy (non-hydrogen) atoms. The predicted molar refractivity (Wildman–Crippen MR) is 96.3 cm³/mol. The van der Waals surface area contributed by atoms with Gasteiger partial charge in [-0.2, -0.15) is 0 Å². The van der Waals surface area contributed by atoms with Gasteiger partial charge >= 0.3 is 0 Å². The minimum absolute atomic E-state index is 0.327. The Kier molecular flexibility index (Phi) is 3.51. The minimum Gasteiger partial charge on any atom is -0.381 e. The maximum Gasteiger partial charge on any atom is 0.173 e. The third kappa shape index (κ3) is 2.75. The summed E-state index contributed by atoms with van der Waals surface area (Å²) in [5.41, 5.74) is 9.40. The molecule has 1 aromatic carbocycles. The fourth-order valence-electron chi connectivity index (χ4n) is 2.46. The number of anilines is 3. The first-order valence-corrected chi connectivity index (χ1v) is 7.65. The van der Waals surface area contributed by atoms with E-state index in [1.807, 2.05) is 36.5 Å². The van der Waals surface area contributed by atoms with Gasteiger partial charge < -0.3 is 16.0 Å². The standard InChI is InChI=1S/C17H13ClN6/c18-15-8-11(4-6-21-15)14-9-22-16(19)17(24-14)23-12-1-2-13-10(7-12)3-5-20-13/h1-9,20H,(H2,19,22)(H,23,24). The van der Waals surface area contributed by atoms with Gasteiger partial charge in [-0.3, -0.25) is 0 Å². The van der Waals surface area contributed by atoms with E-state index < -0.39 is 0 Å². The topological polar surface area (TPSA) is 92.5 Å². The van der Waals surface area contributed by atoms with E-state index in [9.17, 15) is 0 Å². The fraction of sp³-hybridized carbons (Fsp3) is 0. The normalized spacial score (nSPS) is 10.9. The van der Waals surface area contributed by atoms with Crippen LogP contribution in [0.3, 0.4) is 0 Å². The zero-order valence-corrected chi connectivity index (χ0v) is 13.2. The van der Waals surface area contributed by atoms with Crippen LogP contribution in [0.4, 0.5) is 17.3 Å². The molecule has 0 aliphatic heterocycles. The van der Waals surface area contributed by atoms with Crippen LogP contribution >= 0.6 is 11.6 Å². The molecular weight excluding hydrogens is 324 g/mol. The van der Waals surface area contributed by atoms with Crippen LogP contribution in [0.15, 0.2) is 55.0 Å². The fourth-order valence-corrected chi connectivity index (χ4v) is 2.63. The molecule has 7 heteroatoms. The average molecular weight is 337 g/mol. The monoisotopic (exact) mass is 336 g/mol. The van der Waals surface area contributed by atoms with Gasteiger partial charge in [0.2, 0.25) is 0 Å². The average Bonchev–Trinajstić information content (AvgIpc) is 3.04. The summed E-state index contributed by atoms with van der Waals surface area (Å²) in [6.07, 6.45) is 5.14. The zero-order valence-electron chi connectivity index (χ0n) is 12.5. The first-order valence-electron chi connectivity index (χ1n) is 7.28. The number of halogens is 1. The molecule has 3 aromatic heterocycles. The molecule has 0 radical (unpaired) electrons. The third-order valence-electron chi connectivity index (χ3n) is 3.64. The lowest BCUT2D eigenvalue weighted by Gasteiger charge is -2.10. The SMILES string of the molecule is Nc1ncc(-c2ccnc(Cl)c2)nc1Nc1ccc2[nH]ccc2c1. The van der Waals surface area contributed by atoms with Crippen molar-refractivity contribution in [2.24, 2.45) is 0 Å². The molecule has 6 nitrogen and oxygen atoms in total. The van der Waals surface area contributed by atoms with Gasteiger partial charge in [0.15, 0.2) is 11.6 Å². The van der Waals surface area contributed by atoms with Crippen LogP contribution in [-0.2, 0) is 0 Å². The Morgan fingerprint density at radius 2 is 2.00 bits per heavy atom. The molecule has 118 valence electrons. The van der Waals surface area contributed by atoms with E-state index in [-0.39, 0.29) is 0 Å². The highest BCUT2D eigenvalue weighted by Crippen LogP contribution is 2.26. The number of hydrogen-bond donors (Lipinski definition) is 3. The molecule has 4 rings (SSSR count). The number of benzene rings is 1. The maximum atomic E-state index is 5.96. The number of hydrogen-bond acceptors (Lipinski definition) is 5. The smallest absolute Gasteiger partial charge is 0.173 e. The first kappa shape index (κ1) is 14.5. The second-order valence-corrected chi connectivity index (χ2v) is 5.65. The number of H-pyrrole nitrogens is 1. The highest BCUT2D eigenvalue weighted by Gasteiger charge is 2.08. The number of rotatable bonds is 3. The Labute approximate surface area is 142 Å². The van der Waals surface area contributed by atoms with Crippen molar-refractivity contribution < 1.29 is 0 Å². The summed E-state index contributed by atoms with van der Waals surface area (Å²) < 4.78 is 0. The third-order valence-corrected chi connectivity index (χ3v) is 3.85. The molecule has 0 atom stereocenters. The summed E-state index contributed by atoms with van der Waals surface area (Å²) >= 11 is 5.94. The summed E-state index contributed by atoms with van der Waals surface area (Å²) in [6, 6.07) is 11.5. The Morgan fingerprint density at radius 1 is 1.08 bits per heavy atom. The van der Waals surface area contributed by atoms with Crippen molar-refractivity contribution in [3.63, 3.8) is 0 Å². The molecule has 0 bridgehead atoms. The van der Waals surface area contributed by atoms with Crippen molar-refractivity contribution in [1.82, 2.24) is 19.9 Å². The molecule has 0 aliphatic rings. The van der Waals surface area contributed by atoms with Gasteiger partial charge in [0.25, 0.3) is 0 Å². The van der Waals surface area contributed by atoms with E-state index in [1.165, 1.54) is 0 Å². The van der Waals surface area contributed by atoms with Gasteiger partial charge in [0, 0.05) is 34.5 Å². The lowest BCUT2D eigenvalue weighted by atomic mass is 10.2. The lowest BCUT2D eigenvalue weighted by Crippen LogP contribution is -2.02. The number of aromatic amines is 1. The van der Waals surface area contributed by atoms with Crippen LogP contribution < -0.4 is 11.1 Å². The maximum absolute atomic E-state index is 5.96. The Morgan fingerprint density at radius 3 is 2.88 bits per heavy atom. The van der Waals surface area contributed by atoms with Crippen LogP contribution in [0.2, 0.25) is 5.15 Å². The highest BCUT2D eigenvalue weighted by atomic mass is 35.5. The van der Waals surface area contributed by atoms with Crippen LogP contribution in [0.1, 0.15) is 0 Å². The second-order valence-electron chi connectivity index (χ2n) is 5.26. The lowest BCUT2D eigenvalue weighted by molar-refractivity contribution is 1.20. The van der Waals surface area contributed by atoms with E-state index in [1.54, 1.807) is 18.5 Å². The van der Waals surface area contributed by atoms with Gasteiger partial charge in [-0.1, -0.05) is 11.6 Å². The highest BCUT2D eigenvalue weighted by molar-refractivity contribution is 6.29. The molecule has 0 spiro atoms. The number of pyridine rings is 1. The molecule has 0 saturated carbocycles. The number of fused-ring (bicyclic) bond motifs is 1. The molecule has 0 amide bonds. The Bertz CT molecular complexity index is 1030. The largest absolute Gasteiger partial charge is 0.381 e. The molecular formula is C17H13ClN6. The summed E-state index contributed by atoms with van der Waals surface area (Å²) in [5, 5.41) is 4.72. The van der Waals surface area contributed by atoms with Gasteiger partial charge in [-0.05, 0) is 36.4 Å². The Balaban J connectivity index is 1.70. The first-order chi connectivity index (χ1) is 11.7. The summed E-state index contributed by atoms with van der Waals surface area (Å²) in [5.74, 6) is 0.823. The van der Waals surface area contributed by atoms with Crippen molar-refractivity contribution in [3.05, 3.63) is 60.1 Å². The van der Waals surface area contributed by atoms with Gasteiger partial charge in [0.05, 0.1) is 11.9 Å². The van der Waals surface area contributed by atoms with Crippen molar-refractivity contribution in [3.8, 4) is 11.3 Å². The second kappa shape index (κ2) is 5.82. The van der Waals surface area contributed by atoms with Crippen LogP contribution in [-0.4, -0.2) is 19.9 Å². The number of aromatic nitrogens is 4. The summed E-state index contributed by atoms with van der Waals surface area (Å²) in [6.45, 7) is 0. The van der Waals surface area contributed by atoms with Crippen LogP contribution in [0.25, 0.3) is 22.2 Å². The number of nitrogens with zero attached hydrogens (tertiary/aromatic N) is 3. The molecule has 4 aromatic rings. The summed E-state index contributed by atoms with van der Waals surface area (Å²) in [4.78, 5) is 15.9. The molecule has 3 heterocycles. The minimum atomic E-state index is 0.327. The van der Waals surface area contributed by atoms with Crippen molar-refractivity contribution in [2.45, 2.75) is 0 Å². The van der Waals surface area contributed by atoms with Gasteiger partial charge in [-0.25, -0.2) is 15.0 Å². The van der Waals surface area contributed by atoms with E-state index in [0.29, 0.717) is 22.5 Å². The predicted octanol–water partition coefficient (Wildman–Crippen LogP) is 4.00. The van der Waals surface area contributed by atoms with Gasteiger partial charge in [0.1, 0.15) is 5.15 Å². The molecule has 0 fully saturated rings. The van der Waals surface area contributed by atoms with Crippen molar-refractivity contribution >= 4 is 39.8 Å². The number of nitrogen functional groups attached to an aromatic ring is 1. The van der Waals surface area contributed by atoms with Crippen molar-refractivity contribution in [1.29, 1.82) is 0 Å². The van der Waals surface area contributed by atoms with E-state index in [0.717, 1.165) is 22.2 Å². The van der Waals surface area contributed by atoms with Crippen LogP contribution in [0, 0.1) is 0 Å². The van der Waals surface area contributed by atoms with Crippen LogP contribution in [0.5, 0.6) is 0 Å². The number of nitrogens with one attached hydrogen (secondary N) is 2. The quantitative estimate of drug-likeness (QED) is 0.492.